The van der Waals surface area contributed by atoms with Gasteiger partial charge in [0.05, 0.1) is 34.7 Å². The summed E-state index contributed by atoms with van der Waals surface area (Å²) in [6.07, 6.45) is 20.8. The minimum Gasteiger partial charge on any atom is -0.395 e. The van der Waals surface area contributed by atoms with Gasteiger partial charge in [0, 0.05) is 73.5 Å². The number of anilines is 3. The monoisotopic (exact) mass is 891 g/mol. The highest BCUT2D eigenvalue weighted by Crippen LogP contribution is 2.33. The topological polar surface area (TPSA) is 126 Å². The van der Waals surface area contributed by atoms with Crippen molar-refractivity contribution < 1.29 is 5.11 Å². The van der Waals surface area contributed by atoms with E-state index in [2.05, 4.69) is 102 Å². The molecule has 0 fully saturated rings. The Morgan fingerprint density at radius 3 is 1.18 bits per heavy atom. The third-order valence-corrected chi connectivity index (χ3v) is 12.0. The van der Waals surface area contributed by atoms with Gasteiger partial charge in [-0.3, -0.25) is 0 Å². The summed E-state index contributed by atoms with van der Waals surface area (Å²) >= 11 is 0. The molecule has 0 saturated heterocycles. The third-order valence-electron chi connectivity index (χ3n) is 12.0. The normalized spacial score (nSPS) is 11.4. The minimum absolute atomic E-state index is 0.0467. The molecule has 344 valence electrons. The quantitative estimate of drug-likeness (QED) is 0.0351. The van der Waals surface area contributed by atoms with Gasteiger partial charge in [-0.1, -0.05) is 125 Å². The van der Waals surface area contributed by atoms with Gasteiger partial charge >= 0.3 is 0 Å². The molecule has 0 aromatic heterocycles. The van der Waals surface area contributed by atoms with E-state index in [9.17, 15) is 20.9 Å². The average molecular weight is 891 g/mol. The zero-order valence-corrected chi connectivity index (χ0v) is 40.1. The van der Waals surface area contributed by atoms with E-state index in [0.717, 1.165) is 59.9 Å². The van der Waals surface area contributed by atoms with Gasteiger partial charge in [-0.15, -0.1) is 0 Å². The summed E-state index contributed by atoms with van der Waals surface area (Å²) in [5, 5.41) is 50.6. The molecule has 0 atom stereocenters. The van der Waals surface area contributed by atoms with E-state index >= 15 is 0 Å². The first kappa shape index (κ1) is 50.7. The van der Waals surface area contributed by atoms with E-state index in [1.807, 2.05) is 96.9 Å². The summed E-state index contributed by atoms with van der Waals surface area (Å²) in [6.45, 7) is 13.2. The smallest absolute Gasteiger partial charge is 0.100 e. The van der Waals surface area contributed by atoms with Crippen LogP contribution < -0.4 is 14.7 Å². The Morgan fingerprint density at radius 2 is 0.806 bits per heavy atom. The van der Waals surface area contributed by atoms with Crippen LogP contribution in [0.3, 0.4) is 0 Å². The number of nitrogens with zero attached hydrogens (tertiary/aromatic N) is 8. The Kier molecular flexibility index (Phi) is 20.7. The summed E-state index contributed by atoms with van der Waals surface area (Å²) in [7, 11) is 1.92. The van der Waals surface area contributed by atoms with Crippen molar-refractivity contribution >= 4 is 64.9 Å². The van der Waals surface area contributed by atoms with Crippen molar-refractivity contribution in [3.05, 3.63) is 147 Å². The number of azo groups is 1. The van der Waals surface area contributed by atoms with Crippen LogP contribution in [0.1, 0.15) is 129 Å². The van der Waals surface area contributed by atoms with Crippen LogP contribution in [0.2, 0.25) is 0 Å². The molecule has 5 aromatic rings. The number of likely N-dealkylation sites (N-methyl/N-ethyl adjacent to an activating group) is 1. The maximum Gasteiger partial charge on any atom is 0.100 e. The largest absolute Gasteiger partial charge is 0.395 e. The second-order valence-corrected chi connectivity index (χ2v) is 16.6. The number of aliphatic hydroxyl groups is 1. The van der Waals surface area contributed by atoms with Crippen LogP contribution >= 0.6 is 0 Å². The molecule has 5 rings (SSSR count). The fourth-order valence-corrected chi connectivity index (χ4v) is 8.04. The lowest BCUT2D eigenvalue weighted by Gasteiger charge is -2.25. The molecule has 5 aromatic carbocycles. The highest BCUT2D eigenvalue weighted by atomic mass is 16.3. The number of rotatable bonds is 25. The maximum absolute atomic E-state index is 10.8. The molecule has 1 N–H and O–H groups in total. The van der Waals surface area contributed by atoms with Crippen LogP contribution in [-0.4, -0.2) is 51.5 Å². The van der Waals surface area contributed by atoms with E-state index in [4.69, 9.17) is 0 Å². The zero-order valence-electron chi connectivity index (χ0n) is 40.1. The van der Waals surface area contributed by atoms with E-state index in [1.165, 1.54) is 57.1 Å². The van der Waals surface area contributed by atoms with Gasteiger partial charge in [-0.25, -0.2) is 0 Å². The fraction of sp³-hybridized carbons (Fsp3) is 0.328. The molecule has 0 aliphatic rings. The van der Waals surface area contributed by atoms with E-state index in [1.54, 1.807) is 12.2 Å². The summed E-state index contributed by atoms with van der Waals surface area (Å²) in [5.74, 6) is 0. The molecule has 9 heteroatoms. The summed E-state index contributed by atoms with van der Waals surface area (Å²) in [5.41, 5.74) is 9.42. The van der Waals surface area contributed by atoms with Crippen LogP contribution in [0, 0.1) is 34.0 Å². The summed E-state index contributed by atoms with van der Waals surface area (Å²) in [4.78, 5) is 6.74. The second-order valence-electron chi connectivity index (χ2n) is 16.6. The Hall–Kier alpha value is -7.25. The molecule has 0 saturated carbocycles. The molecule has 0 radical (unpaired) electrons. The molecule has 0 spiro atoms. The SMILES string of the molecule is CCCCCCN(CCCCCC)c1ccc(/C=C/c2c(C#N)c(/C=C/c3ccc(N=Nc4ccc(N(CC)CC)cc4)cc3)c(C#N)c(/C=C/c3ccc(N(C)CCO)cc3)c2C#N)cc1. The van der Waals surface area contributed by atoms with Gasteiger partial charge in [-0.05, 0) is 104 Å². The summed E-state index contributed by atoms with van der Waals surface area (Å²) < 4.78 is 0. The molecule has 67 heavy (non-hydrogen) atoms. The average Bonchev–Trinajstić information content (AvgIpc) is 3.36. The lowest BCUT2D eigenvalue weighted by atomic mass is 9.86. The lowest BCUT2D eigenvalue weighted by Crippen LogP contribution is -2.25. The van der Waals surface area contributed by atoms with E-state index < -0.39 is 0 Å². The van der Waals surface area contributed by atoms with Gasteiger partial charge in [0.15, 0.2) is 0 Å². The van der Waals surface area contributed by atoms with Gasteiger partial charge in [-0.2, -0.15) is 26.0 Å². The van der Waals surface area contributed by atoms with E-state index in [-0.39, 0.29) is 23.3 Å². The van der Waals surface area contributed by atoms with Crippen LogP contribution in [0.15, 0.2) is 107 Å². The van der Waals surface area contributed by atoms with Crippen LogP contribution in [-0.2, 0) is 0 Å². The number of hydrogen-bond donors (Lipinski definition) is 1. The fourth-order valence-electron chi connectivity index (χ4n) is 8.04. The van der Waals surface area contributed by atoms with Crippen molar-refractivity contribution in [3.63, 3.8) is 0 Å². The summed E-state index contributed by atoms with van der Waals surface area (Å²) in [6, 6.07) is 39.1. The number of hydrogen-bond acceptors (Lipinski definition) is 9. The molecule has 0 heterocycles. The van der Waals surface area contributed by atoms with Gasteiger partial charge in [0.2, 0.25) is 0 Å². The molecular formula is C58H66N8O. The highest BCUT2D eigenvalue weighted by Gasteiger charge is 2.21. The minimum atomic E-state index is 0.0467. The van der Waals surface area contributed by atoms with Crippen molar-refractivity contribution in [2.45, 2.75) is 79.1 Å². The van der Waals surface area contributed by atoms with Crippen molar-refractivity contribution in [3.8, 4) is 18.2 Å². The Morgan fingerprint density at radius 1 is 0.448 bits per heavy atom. The maximum atomic E-state index is 10.8. The lowest BCUT2D eigenvalue weighted by molar-refractivity contribution is 0.304. The molecule has 0 aliphatic heterocycles. The predicted molar refractivity (Wildman–Crippen MR) is 282 cm³/mol. The second kappa shape index (κ2) is 27.3. The molecule has 0 amide bonds. The first-order valence-corrected chi connectivity index (χ1v) is 23.9. The third kappa shape index (κ3) is 14.6. The number of aliphatic hydroxyl groups excluding tert-OH is 1. The van der Waals surface area contributed by atoms with Crippen LogP contribution in [0.5, 0.6) is 0 Å². The molecule has 0 bridgehead atoms. The standard InChI is InChI=1S/C58H66N8O/c1-6-10-12-14-38-66(39-15-13-11-7-2)52-31-20-47(21-32-52)24-37-55-57(43-60)53(56(42-59)54(58(55)44-61)36-23-46-18-29-50(30-19-46)64(5)40-41-67)35-22-45-16-25-48(26-17-45)62-63-49-27-33-51(34-28-49)65(8-3)9-4/h16-37,67H,6-15,38-41H2,1-5H3/b35-22+,36-23+,37-24+,63-62?. The highest BCUT2D eigenvalue weighted by molar-refractivity contribution is 5.90. The number of nitriles is 3. The number of unbranched alkanes of at least 4 members (excludes halogenated alkanes) is 6. The van der Waals surface area contributed by atoms with Crippen molar-refractivity contribution in [1.29, 1.82) is 15.8 Å². The molecule has 9 nitrogen and oxygen atoms in total. The molecule has 0 unspecified atom stereocenters. The van der Waals surface area contributed by atoms with Gasteiger partial charge in [0.25, 0.3) is 0 Å². The zero-order chi connectivity index (χ0) is 47.8. The Bertz CT molecular complexity index is 2550. The molecular weight excluding hydrogens is 825 g/mol. The van der Waals surface area contributed by atoms with E-state index in [0.29, 0.717) is 28.9 Å². The van der Waals surface area contributed by atoms with Crippen LogP contribution in [0.25, 0.3) is 36.5 Å². The number of benzene rings is 5. The Balaban J connectivity index is 1.51. The van der Waals surface area contributed by atoms with Crippen molar-refractivity contribution in [2.75, 3.05) is 61.1 Å². The molecule has 0 aliphatic carbocycles. The van der Waals surface area contributed by atoms with Crippen LogP contribution in [0.4, 0.5) is 28.4 Å². The van der Waals surface area contributed by atoms with Gasteiger partial charge < -0.3 is 19.8 Å². The van der Waals surface area contributed by atoms with Gasteiger partial charge in [0.1, 0.15) is 18.2 Å². The van der Waals surface area contributed by atoms with Crippen molar-refractivity contribution in [1.82, 2.24) is 0 Å². The Labute approximate surface area is 400 Å². The first-order valence-electron chi connectivity index (χ1n) is 23.9. The predicted octanol–water partition coefficient (Wildman–Crippen LogP) is 14.5. The first-order chi connectivity index (χ1) is 32.8. The van der Waals surface area contributed by atoms with Crippen molar-refractivity contribution in [2.24, 2.45) is 10.2 Å².